The van der Waals surface area contributed by atoms with Crippen molar-refractivity contribution in [3.05, 3.63) is 23.8 Å². The third-order valence-electron chi connectivity index (χ3n) is 3.87. The molecule has 0 saturated heterocycles. The van der Waals surface area contributed by atoms with Crippen LogP contribution in [-0.2, 0) is 19.1 Å². The predicted molar refractivity (Wildman–Crippen MR) is 102 cm³/mol. The number of carbonyl (C=O) groups is 2. The quantitative estimate of drug-likeness (QED) is 0.323. The molecular weight excluding hydrogens is 325 g/mol. The number of rotatable bonds is 11. The third-order valence-corrected chi connectivity index (χ3v) is 6.98. The van der Waals surface area contributed by atoms with Gasteiger partial charge in [0.1, 0.15) is 13.2 Å². The molecule has 0 N–H and O–H groups in total. The second kappa shape index (κ2) is 11.4. The first kappa shape index (κ1) is 22.8. The molecule has 0 bridgehead atoms. The molecule has 0 aromatic heterocycles. The van der Waals surface area contributed by atoms with Crippen LogP contribution in [0.3, 0.4) is 0 Å². The van der Waals surface area contributed by atoms with Crippen LogP contribution in [0.2, 0.25) is 0 Å². The molecule has 0 rings (SSSR count). The number of nitrogens with zero attached hydrogens (tertiary/aromatic N) is 1. The Labute approximate surface area is 147 Å². The van der Waals surface area contributed by atoms with Crippen molar-refractivity contribution in [3.63, 3.8) is 0 Å². The minimum absolute atomic E-state index is 0.256. The predicted octanol–water partition coefficient (Wildman–Crippen LogP) is 2.82. The second-order valence-corrected chi connectivity index (χ2v) is 11.6. The summed E-state index contributed by atoms with van der Waals surface area (Å²) in [4.78, 5) is 25.2. The van der Waals surface area contributed by atoms with Gasteiger partial charge in [0.25, 0.3) is 0 Å². The highest BCUT2D eigenvalue weighted by atomic mass is 31.2. The minimum atomic E-state index is -0.921. The monoisotopic (exact) mass is 358 g/mol. The lowest BCUT2D eigenvalue weighted by Gasteiger charge is -2.16. The minimum Gasteiger partial charge on any atom is -0.461 e. The summed E-state index contributed by atoms with van der Waals surface area (Å²) < 4.78 is 10.4. The van der Waals surface area contributed by atoms with Crippen molar-refractivity contribution in [2.75, 3.05) is 59.0 Å². The average Bonchev–Trinajstić information content (AvgIpc) is 2.51. The highest BCUT2D eigenvalue weighted by molar-refractivity contribution is 7.74. The zero-order valence-corrected chi connectivity index (χ0v) is 16.9. The summed E-state index contributed by atoms with van der Waals surface area (Å²) in [7, 11) is 0.979. The van der Waals surface area contributed by atoms with E-state index >= 15 is 0 Å². The van der Waals surface area contributed by atoms with Crippen LogP contribution in [-0.4, -0.2) is 75.8 Å². The fourth-order valence-electron chi connectivity index (χ4n) is 1.54. The lowest BCUT2D eigenvalue weighted by atomic mass is 10.3. The van der Waals surface area contributed by atoms with Gasteiger partial charge in [-0.1, -0.05) is 12.7 Å². The van der Waals surface area contributed by atoms with Gasteiger partial charge < -0.3 is 9.47 Å². The molecule has 0 aromatic rings. The van der Waals surface area contributed by atoms with E-state index in [0.29, 0.717) is 37.4 Å². The molecule has 138 valence electrons. The van der Waals surface area contributed by atoms with E-state index in [0.717, 1.165) is 6.16 Å². The van der Waals surface area contributed by atoms with Gasteiger partial charge in [-0.25, -0.2) is 9.59 Å². The third kappa shape index (κ3) is 10.6. The normalized spacial score (nSPS) is 12.2. The highest BCUT2D eigenvalue weighted by Crippen LogP contribution is 2.49. The van der Waals surface area contributed by atoms with Crippen LogP contribution in [0, 0.1) is 0 Å². The van der Waals surface area contributed by atoms with Gasteiger partial charge in [0.05, 0.1) is 12.3 Å². The largest absolute Gasteiger partial charge is 0.461 e. The molecule has 0 fully saturated rings. The van der Waals surface area contributed by atoms with Crippen LogP contribution in [0.4, 0.5) is 0 Å². The van der Waals surface area contributed by atoms with Gasteiger partial charge in [-0.2, -0.15) is 0 Å². The van der Waals surface area contributed by atoms with Crippen molar-refractivity contribution in [3.8, 4) is 0 Å². The van der Waals surface area contributed by atoms with E-state index in [4.69, 9.17) is 9.47 Å². The summed E-state index contributed by atoms with van der Waals surface area (Å²) in [5.41, 5.74) is 0.998. The molecule has 24 heavy (non-hydrogen) atoms. The van der Waals surface area contributed by atoms with Gasteiger partial charge >= 0.3 is 11.9 Å². The van der Waals surface area contributed by atoms with Crippen LogP contribution in [0.15, 0.2) is 23.8 Å². The first-order chi connectivity index (χ1) is 11.1. The number of carbonyl (C=O) groups excluding carboxylic acids is 2. The van der Waals surface area contributed by atoms with Crippen molar-refractivity contribution in [2.24, 2.45) is 0 Å². The van der Waals surface area contributed by atoms with E-state index in [2.05, 4.69) is 26.8 Å². The second-order valence-electron chi connectivity index (χ2n) is 6.68. The topological polar surface area (TPSA) is 55.8 Å². The molecule has 5 nitrogen and oxygen atoms in total. The SMILES string of the molecule is C=C(C)C(=O)OCCN(C)C/C=C(\C)C(=O)OCC[P+](C)(C)CC. The molecule has 0 aliphatic heterocycles. The molecule has 0 spiro atoms. The molecule has 0 radical (unpaired) electrons. The first-order valence-corrected chi connectivity index (χ1v) is 11.3. The molecule has 0 aromatic carbocycles. The van der Waals surface area contributed by atoms with E-state index in [1.807, 2.05) is 18.0 Å². The molecular formula is C18H33NO4P+. The maximum Gasteiger partial charge on any atom is 0.333 e. The van der Waals surface area contributed by atoms with Crippen molar-refractivity contribution in [2.45, 2.75) is 20.8 Å². The standard InChI is InChI=1S/C18H33NO4P/c1-8-24(6,7)14-13-23-18(21)16(4)9-10-19(5)11-12-22-17(20)15(2)3/h9H,2,8,10-14H2,1,3-7H3/q+1/b16-9+. The number of likely N-dealkylation sites (N-methyl/N-ethyl adjacent to an activating group) is 1. The Hall–Kier alpha value is -1.19. The smallest absolute Gasteiger partial charge is 0.333 e. The molecule has 6 heteroatoms. The van der Waals surface area contributed by atoms with Crippen LogP contribution in [0.25, 0.3) is 0 Å². The fourth-order valence-corrected chi connectivity index (χ4v) is 2.44. The van der Waals surface area contributed by atoms with Crippen LogP contribution in [0.5, 0.6) is 0 Å². The lowest BCUT2D eigenvalue weighted by Crippen LogP contribution is -2.25. The van der Waals surface area contributed by atoms with E-state index in [1.165, 1.54) is 6.16 Å². The Morgan fingerprint density at radius 2 is 1.71 bits per heavy atom. The summed E-state index contributed by atoms with van der Waals surface area (Å²) in [5, 5.41) is 0. The zero-order chi connectivity index (χ0) is 18.8. The molecule has 0 aliphatic rings. The molecule has 0 unspecified atom stereocenters. The highest BCUT2D eigenvalue weighted by Gasteiger charge is 2.22. The lowest BCUT2D eigenvalue weighted by molar-refractivity contribution is -0.139. The maximum absolute atomic E-state index is 11.9. The Bertz CT molecular complexity index is 472. The summed E-state index contributed by atoms with van der Waals surface area (Å²) >= 11 is 0. The number of esters is 2. The van der Waals surface area contributed by atoms with Crippen molar-refractivity contribution in [1.82, 2.24) is 4.90 Å². The Balaban J connectivity index is 4.08. The Morgan fingerprint density at radius 1 is 1.12 bits per heavy atom. The zero-order valence-electron chi connectivity index (χ0n) is 16.1. The molecule has 0 saturated carbocycles. The van der Waals surface area contributed by atoms with Gasteiger partial charge in [-0.3, -0.25) is 4.90 Å². The Kier molecular flexibility index (Phi) is 10.8. The number of hydrogen-bond acceptors (Lipinski definition) is 5. The van der Waals surface area contributed by atoms with Gasteiger partial charge in [-0.15, -0.1) is 0 Å². The van der Waals surface area contributed by atoms with Gasteiger partial charge in [-0.05, 0) is 27.8 Å². The molecule has 0 heterocycles. The number of hydrogen-bond donors (Lipinski definition) is 0. The summed E-state index contributed by atoms with van der Waals surface area (Å²) in [6.07, 6.45) is 3.97. The van der Waals surface area contributed by atoms with Gasteiger partial charge in [0.2, 0.25) is 0 Å². The van der Waals surface area contributed by atoms with Gasteiger partial charge in [0, 0.05) is 44.8 Å². The summed E-state index contributed by atoms with van der Waals surface area (Å²) in [5.74, 6) is -0.634. The molecule has 0 aliphatic carbocycles. The van der Waals surface area contributed by atoms with E-state index < -0.39 is 7.26 Å². The van der Waals surface area contributed by atoms with Crippen molar-refractivity contribution >= 4 is 19.2 Å². The summed E-state index contributed by atoms with van der Waals surface area (Å²) in [6.45, 7) is 15.6. The fraction of sp³-hybridized carbons (Fsp3) is 0.667. The maximum atomic E-state index is 11.9. The summed E-state index contributed by atoms with van der Waals surface area (Å²) in [6, 6.07) is 0. The van der Waals surface area contributed by atoms with Crippen LogP contribution in [0.1, 0.15) is 20.8 Å². The Morgan fingerprint density at radius 3 is 2.25 bits per heavy atom. The van der Waals surface area contributed by atoms with Crippen LogP contribution < -0.4 is 0 Å². The van der Waals surface area contributed by atoms with Crippen molar-refractivity contribution < 1.29 is 19.1 Å². The van der Waals surface area contributed by atoms with E-state index in [-0.39, 0.29) is 11.9 Å². The molecule has 0 atom stereocenters. The first-order valence-electron chi connectivity index (χ1n) is 8.26. The molecule has 0 amide bonds. The van der Waals surface area contributed by atoms with Crippen LogP contribution >= 0.6 is 7.26 Å². The van der Waals surface area contributed by atoms with E-state index in [9.17, 15) is 9.59 Å². The van der Waals surface area contributed by atoms with E-state index in [1.54, 1.807) is 13.8 Å². The van der Waals surface area contributed by atoms with Gasteiger partial charge in [0.15, 0.2) is 0 Å². The average molecular weight is 358 g/mol. The number of ether oxygens (including phenoxy) is 2. The van der Waals surface area contributed by atoms with Crippen molar-refractivity contribution in [1.29, 1.82) is 0 Å².